The number of carbonyl (C=O) groups is 1. The SMILES string of the molecule is CCCCc1nc(-c2ccccc2)n(Cc2cccc3ccccc23)c1C(=O)O. The van der Waals surface area contributed by atoms with E-state index in [0.717, 1.165) is 34.7 Å². The minimum Gasteiger partial charge on any atom is -0.477 e. The summed E-state index contributed by atoms with van der Waals surface area (Å²) in [4.78, 5) is 17.0. The van der Waals surface area contributed by atoms with Crippen LogP contribution in [0.4, 0.5) is 0 Å². The maximum atomic E-state index is 12.2. The number of carboxylic acids is 1. The lowest BCUT2D eigenvalue weighted by Crippen LogP contribution is -2.13. The van der Waals surface area contributed by atoms with Crippen LogP contribution < -0.4 is 0 Å². The summed E-state index contributed by atoms with van der Waals surface area (Å²) >= 11 is 0. The molecular formula is C25H24N2O2. The quantitative estimate of drug-likeness (QED) is 0.439. The Morgan fingerprint density at radius 1 is 0.966 bits per heavy atom. The van der Waals surface area contributed by atoms with E-state index in [-0.39, 0.29) is 0 Å². The zero-order valence-corrected chi connectivity index (χ0v) is 16.5. The molecule has 0 spiro atoms. The van der Waals surface area contributed by atoms with Crippen molar-refractivity contribution in [3.8, 4) is 11.4 Å². The van der Waals surface area contributed by atoms with Crippen LogP contribution in [0.3, 0.4) is 0 Å². The third kappa shape index (κ3) is 3.79. The molecule has 4 aromatic rings. The van der Waals surface area contributed by atoms with E-state index in [1.165, 1.54) is 0 Å². The van der Waals surface area contributed by atoms with Gasteiger partial charge in [-0.05, 0) is 29.2 Å². The van der Waals surface area contributed by atoms with Crippen LogP contribution in [0, 0.1) is 0 Å². The van der Waals surface area contributed by atoms with Gasteiger partial charge in [0.1, 0.15) is 5.82 Å². The topological polar surface area (TPSA) is 55.1 Å². The maximum Gasteiger partial charge on any atom is 0.354 e. The zero-order chi connectivity index (χ0) is 20.2. The van der Waals surface area contributed by atoms with Gasteiger partial charge in [-0.15, -0.1) is 0 Å². The van der Waals surface area contributed by atoms with Crippen LogP contribution in [0.15, 0.2) is 72.8 Å². The van der Waals surface area contributed by atoms with Crippen molar-refractivity contribution in [3.05, 3.63) is 89.7 Å². The van der Waals surface area contributed by atoms with Crippen molar-refractivity contribution in [1.29, 1.82) is 0 Å². The normalized spacial score (nSPS) is 11.1. The molecule has 4 rings (SSSR count). The first-order chi connectivity index (χ1) is 14.2. The van der Waals surface area contributed by atoms with Gasteiger partial charge in [0.2, 0.25) is 0 Å². The summed E-state index contributed by atoms with van der Waals surface area (Å²) in [6.07, 6.45) is 2.58. The van der Waals surface area contributed by atoms with Crippen LogP contribution in [0.25, 0.3) is 22.2 Å². The molecule has 0 amide bonds. The molecule has 146 valence electrons. The first-order valence-electron chi connectivity index (χ1n) is 10.0. The Kier molecular flexibility index (Phi) is 5.43. The second kappa shape index (κ2) is 8.31. The number of aromatic nitrogens is 2. The summed E-state index contributed by atoms with van der Waals surface area (Å²) in [6.45, 7) is 2.57. The lowest BCUT2D eigenvalue weighted by Gasteiger charge is -2.13. The molecule has 0 fully saturated rings. The molecule has 4 heteroatoms. The summed E-state index contributed by atoms with van der Waals surface area (Å²) in [5, 5.41) is 12.3. The molecule has 0 aliphatic rings. The van der Waals surface area contributed by atoms with E-state index in [2.05, 4.69) is 31.2 Å². The van der Waals surface area contributed by atoms with Crippen LogP contribution in [0.1, 0.15) is 41.5 Å². The highest BCUT2D eigenvalue weighted by Crippen LogP contribution is 2.27. The minimum absolute atomic E-state index is 0.297. The molecule has 29 heavy (non-hydrogen) atoms. The highest BCUT2D eigenvalue weighted by molar-refractivity contribution is 5.89. The minimum atomic E-state index is -0.925. The van der Waals surface area contributed by atoms with E-state index in [1.54, 1.807) is 0 Å². The number of nitrogens with zero attached hydrogens (tertiary/aromatic N) is 2. The maximum absolute atomic E-state index is 12.2. The van der Waals surface area contributed by atoms with E-state index in [9.17, 15) is 9.90 Å². The fourth-order valence-corrected chi connectivity index (χ4v) is 3.82. The first-order valence-corrected chi connectivity index (χ1v) is 10.0. The van der Waals surface area contributed by atoms with Crippen molar-refractivity contribution in [2.45, 2.75) is 32.7 Å². The molecule has 0 saturated heterocycles. The fourth-order valence-electron chi connectivity index (χ4n) is 3.82. The van der Waals surface area contributed by atoms with Crippen LogP contribution in [0.2, 0.25) is 0 Å². The van der Waals surface area contributed by atoms with Crippen LogP contribution in [0.5, 0.6) is 0 Å². The van der Waals surface area contributed by atoms with Crippen molar-refractivity contribution >= 4 is 16.7 Å². The van der Waals surface area contributed by atoms with E-state index in [1.807, 2.05) is 53.1 Å². The predicted octanol–water partition coefficient (Wildman–Crippen LogP) is 5.79. The van der Waals surface area contributed by atoms with E-state index >= 15 is 0 Å². The van der Waals surface area contributed by atoms with Crippen molar-refractivity contribution in [3.63, 3.8) is 0 Å². The molecule has 3 aromatic carbocycles. The molecule has 4 nitrogen and oxygen atoms in total. The predicted molar refractivity (Wildman–Crippen MR) is 116 cm³/mol. The smallest absolute Gasteiger partial charge is 0.354 e. The molecule has 1 heterocycles. The molecule has 0 radical (unpaired) electrons. The molecule has 1 N–H and O–H groups in total. The lowest BCUT2D eigenvalue weighted by atomic mass is 10.0. The number of carboxylic acid groups (broad SMARTS) is 1. The van der Waals surface area contributed by atoms with Gasteiger partial charge in [-0.1, -0.05) is 86.1 Å². The second-order valence-corrected chi connectivity index (χ2v) is 7.23. The van der Waals surface area contributed by atoms with E-state index in [0.29, 0.717) is 30.2 Å². The van der Waals surface area contributed by atoms with Gasteiger partial charge in [0.05, 0.1) is 12.2 Å². The number of fused-ring (bicyclic) bond motifs is 1. The van der Waals surface area contributed by atoms with Gasteiger partial charge in [-0.3, -0.25) is 0 Å². The molecule has 0 bridgehead atoms. The first kappa shape index (κ1) is 18.9. The van der Waals surface area contributed by atoms with Crippen molar-refractivity contribution in [1.82, 2.24) is 9.55 Å². The summed E-state index contributed by atoms with van der Waals surface area (Å²) in [5.41, 5.74) is 2.98. The number of aromatic carboxylic acids is 1. The third-order valence-electron chi connectivity index (χ3n) is 5.25. The Morgan fingerprint density at radius 3 is 2.45 bits per heavy atom. The van der Waals surface area contributed by atoms with E-state index < -0.39 is 5.97 Å². The average Bonchev–Trinajstić information content (AvgIpc) is 3.11. The van der Waals surface area contributed by atoms with Gasteiger partial charge in [0.25, 0.3) is 0 Å². The van der Waals surface area contributed by atoms with Crippen molar-refractivity contribution in [2.24, 2.45) is 0 Å². The number of hydrogen-bond donors (Lipinski definition) is 1. The Balaban J connectivity index is 1.90. The average molecular weight is 384 g/mol. The molecule has 0 saturated carbocycles. The van der Waals surface area contributed by atoms with Gasteiger partial charge >= 0.3 is 5.97 Å². The van der Waals surface area contributed by atoms with Gasteiger partial charge in [0, 0.05) is 5.56 Å². The summed E-state index contributed by atoms with van der Waals surface area (Å²) in [7, 11) is 0. The summed E-state index contributed by atoms with van der Waals surface area (Å²) in [5.74, 6) is -0.215. The molecule has 0 atom stereocenters. The number of hydrogen-bond acceptors (Lipinski definition) is 2. The lowest BCUT2D eigenvalue weighted by molar-refractivity contribution is 0.0684. The van der Waals surface area contributed by atoms with Gasteiger partial charge in [-0.2, -0.15) is 0 Å². The Morgan fingerprint density at radius 2 is 1.69 bits per heavy atom. The summed E-state index contributed by atoms with van der Waals surface area (Å²) < 4.78 is 1.87. The molecule has 0 aliphatic heterocycles. The Hall–Kier alpha value is -3.40. The number of aryl methyl sites for hydroxylation is 1. The molecule has 0 aliphatic carbocycles. The Bertz CT molecular complexity index is 1140. The third-order valence-corrected chi connectivity index (χ3v) is 5.25. The van der Waals surface area contributed by atoms with Gasteiger partial charge in [0.15, 0.2) is 5.69 Å². The number of imidazole rings is 1. The highest BCUT2D eigenvalue weighted by Gasteiger charge is 2.23. The Labute approximate surface area is 170 Å². The van der Waals surface area contributed by atoms with Gasteiger partial charge in [-0.25, -0.2) is 9.78 Å². The second-order valence-electron chi connectivity index (χ2n) is 7.23. The standard InChI is InChI=1S/C25H24N2O2/c1-2-3-16-22-23(25(28)29)27(24(26-22)19-11-5-4-6-12-19)17-20-14-9-13-18-10-7-8-15-21(18)20/h4-15H,2-3,16-17H2,1H3,(H,28,29). The van der Waals surface area contributed by atoms with Crippen LogP contribution in [-0.2, 0) is 13.0 Å². The molecule has 0 unspecified atom stereocenters. The molecule has 1 aromatic heterocycles. The largest absolute Gasteiger partial charge is 0.477 e. The highest BCUT2D eigenvalue weighted by atomic mass is 16.4. The fraction of sp³-hybridized carbons (Fsp3) is 0.200. The van der Waals surface area contributed by atoms with Gasteiger partial charge < -0.3 is 9.67 Å². The number of benzene rings is 3. The molecular weight excluding hydrogens is 360 g/mol. The van der Waals surface area contributed by atoms with Crippen LogP contribution >= 0.6 is 0 Å². The van der Waals surface area contributed by atoms with E-state index in [4.69, 9.17) is 4.98 Å². The van der Waals surface area contributed by atoms with Crippen molar-refractivity contribution in [2.75, 3.05) is 0 Å². The monoisotopic (exact) mass is 384 g/mol. The number of unbranched alkanes of at least 4 members (excludes halogenated alkanes) is 1. The van der Waals surface area contributed by atoms with Crippen molar-refractivity contribution < 1.29 is 9.90 Å². The zero-order valence-electron chi connectivity index (χ0n) is 16.5. The summed E-state index contributed by atoms with van der Waals surface area (Å²) in [6, 6.07) is 24.2. The number of rotatable bonds is 7. The van der Waals surface area contributed by atoms with Crippen LogP contribution in [-0.4, -0.2) is 20.6 Å².